The Labute approximate surface area is 103 Å². The number of nitrogens with zero attached hydrogens (tertiary/aromatic N) is 2. The third-order valence-corrected chi connectivity index (χ3v) is 3.16. The van der Waals surface area contributed by atoms with Crippen LogP contribution in [0.1, 0.15) is 19.8 Å². The number of aromatic nitrogens is 1. The molecular formula is C13H21N3O. The molecule has 1 aliphatic rings. The lowest BCUT2D eigenvalue weighted by molar-refractivity contribution is 0.238. The molecule has 4 nitrogen and oxygen atoms in total. The number of aliphatic hydroxyl groups is 1. The minimum Gasteiger partial charge on any atom is -0.396 e. The molecule has 1 fully saturated rings. The third-order valence-electron chi connectivity index (χ3n) is 3.16. The molecule has 0 radical (unpaired) electrons. The maximum Gasteiger partial charge on any atom is 0.130 e. The number of hydrogen-bond acceptors (Lipinski definition) is 4. The first-order chi connectivity index (χ1) is 8.33. The van der Waals surface area contributed by atoms with Crippen molar-refractivity contribution in [3.63, 3.8) is 0 Å². The summed E-state index contributed by atoms with van der Waals surface area (Å²) in [6, 6.07) is 6.07. The summed E-state index contributed by atoms with van der Waals surface area (Å²) in [6.45, 7) is 5.29. The molecule has 0 saturated carbocycles. The van der Waals surface area contributed by atoms with Gasteiger partial charge in [-0.3, -0.25) is 0 Å². The average molecular weight is 235 g/mol. The highest BCUT2D eigenvalue weighted by atomic mass is 16.3. The Balaban J connectivity index is 2.01. The number of hydrogen-bond donors (Lipinski definition) is 2. The molecule has 0 bridgehead atoms. The summed E-state index contributed by atoms with van der Waals surface area (Å²) in [5.74, 6) is 2.36. The van der Waals surface area contributed by atoms with E-state index in [1.165, 1.54) is 0 Å². The fraction of sp³-hybridized carbons (Fsp3) is 0.615. The highest BCUT2D eigenvalue weighted by molar-refractivity contribution is 5.47. The number of aliphatic hydroxyl groups excluding tert-OH is 1. The first-order valence-corrected chi connectivity index (χ1v) is 6.40. The summed E-state index contributed by atoms with van der Waals surface area (Å²) in [5.41, 5.74) is 0. The van der Waals surface area contributed by atoms with Crippen LogP contribution in [-0.4, -0.2) is 36.3 Å². The van der Waals surface area contributed by atoms with Gasteiger partial charge in [0.15, 0.2) is 0 Å². The minimum atomic E-state index is 0.282. The molecule has 2 rings (SSSR count). The van der Waals surface area contributed by atoms with E-state index >= 15 is 0 Å². The number of anilines is 2. The van der Waals surface area contributed by atoms with Gasteiger partial charge in [-0.1, -0.05) is 13.0 Å². The van der Waals surface area contributed by atoms with Crippen molar-refractivity contribution in [2.24, 2.45) is 5.92 Å². The van der Waals surface area contributed by atoms with Crippen LogP contribution in [0, 0.1) is 5.92 Å². The van der Waals surface area contributed by atoms with Gasteiger partial charge in [0.2, 0.25) is 0 Å². The van der Waals surface area contributed by atoms with Crippen molar-refractivity contribution in [1.29, 1.82) is 0 Å². The highest BCUT2D eigenvalue weighted by Crippen LogP contribution is 2.22. The van der Waals surface area contributed by atoms with Crippen LogP contribution in [0.25, 0.3) is 0 Å². The summed E-state index contributed by atoms with van der Waals surface area (Å²) in [6.07, 6.45) is 2.16. The smallest absolute Gasteiger partial charge is 0.130 e. The summed E-state index contributed by atoms with van der Waals surface area (Å²) in [5, 5.41) is 12.4. The van der Waals surface area contributed by atoms with Gasteiger partial charge >= 0.3 is 0 Å². The normalized spacial score (nSPS) is 19.6. The van der Waals surface area contributed by atoms with Crippen LogP contribution in [0.5, 0.6) is 0 Å². The molecule has 0 spiro atoms. The lowest BCUT2D eigenvalue weighted by Gasteiger charge is -2.18. The third kappa shape index (κ3) is 3.09. The molecule has 2 N–H and O–H groups in total. The van der Waals surface area contributed by atoms with Crippen LogP contribution < -0.4 is 10.2 Å². The van der Waals surface area contributed by atoms with Crippen molar-refractivity contribution in [2.75, 3.05) is 36.5 Å². The molecule has 1 aromatic rings. The first kappa shape index (κ1) is 12.2. The van der Waals surface area contributed by atoms with Crippen molar-refractivity contribution in [2.45, 2.75) is 19.8 Å². The maximum absolute atomic E-state index is 9.14. The average Bonchev–Trinajstić information content (AvgIpc) is 2.85. The van der Waals surface area contributed by atoms with Gasteiger partial charge in [0, 0.05) is 32.2 Å². The van der Waals surface area contributed by atoms with E-state index in [1.54, 1.807) is 0 Å². The number of nitrogens with one attached hydrogen (secondary N) is 1. The molecule has 94 valence electrons. The van der Waals surface area contributed by atoms with E-state index in [0.717, 1.165) is 44.1 Å². The van der Waals surface area contributed by atoms with Gasteiger partial charge < -0.3 is 15.3 Å². The molecule has 1 atom stereocenters. The van der Waals surface area contributed by atoms with E-state index in [-0.39, 0.29) is 6.61 Å². The van der Waals surface area contributed by atoms with E-state index < -0.39 is 0 Å². The molecule has 2 heterocycles. The van der Waals surface area contributed by atoms with E-state index in [2.05, 4.69) is 22.1 Å². The van der Waals surface area contributed by atoms with E-state index in [0.29, 0.717) is 5.92 Å². The zero-order chi connectivity index (χ0) is 12.1. The molecular weight excluding hydrogens is 214 g/mol. The molecule has 1 aliphatic heterocycles. The van der Waals surface area contributed by atoms with Gasteiger partial charge in [-0.25, -0.2) is 4.98 Å². The van der Waals surface area contributed by atoms with Gasteiger partial charge in [0.25, 0.3) is 0 Å². The Kier molecular flexibility index (Phi) is 4.20. The quantitative estimate of drug-likeness (QED) is 0.816. The van der Waals surface area contributed by atoms with Crippen molar-refractivity contribution in [3.8, 4) is 0 Å². The van der Waals surface area contributed by atoms with Gasteiger partial charge in [0.05, 0.1) is 0 Å². The van der Waals surface area contributed by atoms with Crippen molar-refractivity contribution < 1.29 is 5.11 Å². The Bertz CT molecular complexity index is 356. The summed E-state index contributed by atoms with van der Waals surface area (Å²) in [4.78, 5) is 6.84. The molecule has 1 aromatic heterocycles. The van der Waals surface area contributed by atoms with Crippen molar-refractivity contribution in [3.05, 3.63) is 18.2 Å². The summed E-state index contributed by atoms with van der Waals surface area (Å²) >= 11 is 0. The topological polar surface area (TPSA) is 48.4 Å². The van der Waals surface area contributed by atoms with E-state index in [1.807, 2.05) is 18.2 Å². The van der Waals surface area contributed by atoms with Crippen molar-refractivity contribution >= 4 is 11.6 Å². The summed E-state index contributed by atoms with van der Waals surface area (Å²) < 4.78 is 0. The Hall–Kier alpha value is -1.29. The maximum atomic E-state index is 9.14. The fourth-order valence-electron chi connectivity index (χ4n) is 2.14. The Morgan fingerprint density at radius 1 is 1.53 bits per heavy atom. The second kappa shape index (κ2) is 5.87. The standard InChI is InChI=1S/C13H21N3O/c1-2-7-14-12-4-3-5-13(15-12)16-8-6-11(9-16)10-17/h3-5,11,17H,2,6-10H2,1H3,(H,14,15). The zero-order valence-electron chi connectivity index (χ0n) is 10.4. The fourth-order valence-corrected chi connectivity index (χ4v) is 2.14. The number of rotatable bonds is 5. The first-order valence-electron chi connectivity index (χ1n) is 6.40. The molecule has 0 aliphatic carbocycles. The summed E-state index contributed by atoms with van der Waals surface area (Å²) in [7, 11) is 0. The Morgan fingerprint density at radius 2 is 2.41 bits per heavy atom. The van der Waals surface area contributed by atoms with Crippen LogP contribution >= 0.6 is 0 Å². The monoisotopic (exact) mass is 235 g/mol. The van der Waals surface area contributed by atoms with Gasteiger partial charge in [0.1, 0.15) is 11.6 Å². The van der Waals surface area contributed by atoms with Gasteiger partial charge in [-0.15, -0.1) is 0 Å². The zero-order valence-corrected chi connectivity index (χ0v) is 10.4. The highest BCUT2D eigenvalue weighted by Gasteiger charge is 2.22. The molecule has 1 saturated heterocycles. The lowest BCUT2D eigenvalue weighted by Crippen LogP contribution is -2.22. The van der Waals surface area contributed by atoms with Crippen LogP contribution in [0.2, 0.25) is 0 Å². The van der Waals surface area contributed by atoms with Crippen LogP contribution in [0.3, 0.4) is 0 Å². The van der Waals surface area contributed by atoms with Crippen LogP contribution in [0.4, 0.5) is 11.6 Å². The van der Waals surface area contributed by atoms with Crippen LogP contribution in [0.15, 0.2) is 18.2 Å². The molecule has 17 heavy (non-hydrogen) atoms. The Morgan fingerprint density at radius 3 is 3.12 bits per heavy atom. The predicted octanol–water partition coefficient (Wildman–Crippen LogP) is 1.72. The van der Waals surface area contributed by atoms with Gasteiger partial charge in [-0.2, -0.15) is 0 Å². The predicted molar refractivity (Wildman–Crippen MR) is 70.4 cm³/mol. The largest absolute Gasteiger partial charge is 0.396 e. The van der Waals surface area contributed by atoms with Gasteiger partial charge in [-0.05, 0) is 25.0 Å². The second-order valence-corrected chi connectivity index (χ2v) is 4.59. The second-order valence-electron chi connectivity index (χ2n) is 4.59. The minimum absolute atomic E-state index is 0.282. The van der Waals surface area contributed by atoms with Crippen LogP contribution in [-0.2, 0) is 0 Å². The van der Waals surface area contributed by atoms with E-state index in [9.17, 15) is 0 Å². The molecule has 1 unspecified atom stereocenters. The van der Waals surface area contributed by atoms with Crippen molar-refractivity contribution in [1.82, 2.24) is 4.98 Å². The SMILES string of the molecule is CCCNc1cccc(N2CCC(CO)C2)n1. The molecule has 0 aromatic carbocycles. The van der Waals surface area contributed by atoms with E-state index in [4.69, 9.17) is 5.11 Å². The number of pyridine rings is 1. The lowest BCUT2D eigenvalue weighted by atomic mass is 10.1. The molecule has 0 amide bonds. The molecule has 4 heteroatoms.